The van der Waals surface area contributed by atoms with Crippen molar-refractivity contribution < 1.29 is 19.1 Å². The second-order valence-electron chi connectivity index (χ2n) is 7.66. The molecule has 0 bridgehead atoms. The van der Waals surface area contributed by atoms with E-state index in [1.807, 2.05) is 17.0 Å². The summed E-state index contributed by atoms with van der Waals surface area (Å²) in [7, 11) is 0. The van der Waals surface area contributed by atoms with Crippen LogP contribution >= 0.6 is 0 Å². The van der Waals surface area contributed by atoms with E-state index in [1.165, 1.54) is 11.0 Å². The molecule has 0 spiro atoms. The Morgan fingerprint density at radius 2 is 1.79 bits per heavy atom. The highest BCUT2D eigenvalue weighted by atomic mass is 19.1. The van der Waals surface area contributed by atoms with Crippen LogP contribution in [0, 0.1) is 18.7 Å². The van der Waals surface area contributed by atoms with E-state index in [9.17, 15) is 19.1 Å². The summed E-state index contributed by atoms with van der Waals surface area (Å²) in [6, 6.07) is 11.9. The minimum atomic E-state index is -0.458. The Morgan fingerprint density at radius 1 is 1.07 bits per heavy atom. The van der Waals surface area contributed by atoms with Crippen LogP contribution in [0.3, 0.4) is 0 Å². The van der Waals surface area contributed by atoms with E-state index in [-0.39, 0.29) is 36.2 Å². The number of rotatable bonds is 3. The van der Waals surface area contributed by atoms with Crippen LogP contribution in [-0.2, 0) is 9.59 Å². The van der Waals surface area contributed by atoms with Crippen LogP contribution in [0.4, 0.5) is 15.8 Å². The number of nitrogens with zero attached hydrogens (tertiary/aromatic N) is 3. The molecule has 0 saturated carbocycles. The Balaban J connectivity index is 1.39. The monoisotopic (exact) mass is 397 g/mol. The minimum absolute atomic E-state index is 0.0645. The van der Waals surface area contributed by atoms with Gasteiger partial charge in [-0.3, -0.25) is 9.59 Å². The molecule has 0 aliphatic carbocycles. The van der Waals surface area contributed by atoms with Crippen molar-refractivity contribution in [3.05, 3.63) is 53.8 Å². The number of aryl methyl sites for hydroxylation is 1. The number of para-hydroxylation sites is 2. The van der Waals surface area contributed by atoms with Gasteiger partial charge in [0.1, 0.15) is 11.6 Å². The van der Waals surface area contributed by atoms with Gasteiger partial charge in [0.25, 0.3) is 0 Å². The maximum Gasteiger partial charge on any atom is 0.228 e. The molecule has 29 heavy (non-hydrogen) atoms. The molecule has 2 aliphatic heterocycles. The predicted octanol–water partition coefficient (Wildman–Crippen LogP) is 2.54. The van der Waals surface area contributed by atoms with Crippen molar-refractivity contribution in [3.8, 4) is 5.75 Å². The number of amides is 2. The smallest absolute Gasteiger partial charge is 0.228 e. The lowest BCUT2D eigenvalue weighted by Gasteiger charge is -2.37. The molecule has 4 rings (SSSR count). The van der Waals surface area contributed by atoms with Crippen LogP contribution in [0.2, 0.25) is 0 Å². The average molecular weight is 397 g/mol. The van der Waals surface area contributed by atoms with E-state index in [2.05, 4.69) is 0 Å². The first-order valence-corrected chi connectivity index (χ1v) is 9.82. The summed E-state index contributed by atoms with van der Waals surface area (Å²) < 4.78 is 14.3. The number of anilines is 2. The van der Waals surface area contributed by atoms with Crippen molar-refractivity contribution in [1.82, 2.24) is 4.90 Å². The van der Waals surface area contributed by atoms with Crippen LogP contribution in [0.5, 0.6) is 5.75 Å². The molecule has 2 aromatic carbocycles. The summed E-state index contributed by atoms with van der Waals surface area (Å²) >= 11 is 0. The minimum Gasteiger partial charge on any atom is -0.506 e. The molecule has 2 saturated heterocycles. The van der Waals surface area contributed by atoms with Gasteiger partial charge in [-0.25, -0.2) is 4.39 Å². The Morgan fingerprint density at radius 3 is 2.48 bits per heavy atom. The van der Waals surface area contributed by atoms with Gasteiger partial charge < -0.3 is 19.8 Å². The first-order valence-electron chi connectivity index (χ1n) is 9.82. The van der Waals surface area contributed by atoms with Crippen LogP contribution in [0.1, 0.15) is 12.0 Å². The molecule has 2 fully saturated rings. The number of piperazine rings is 1. The number of hydrogen-bond acceptors (Lipinski definition) is 4. The van der Waals surface area contributed by atoms with Crippen molar-refractivity contribution >= 4 is 23.2 Å². The maximum absolute atomic E-state index is 14.3. The third kappa shape index (κ3) is 3.77. The van der Waals surface area contributed by atoms with Gasteiger partial charge in [0.15, 0.2) is 0 Å². The zero-order valence-corrected chi connectivity index (χ0v) is 16.3. The Bertz CT molecular complexity index is 941. The van der Waals surface area contributed by atoms with Crippen molar-refractivity contribution in [2.45, 2.75) is 13.3 Å². The number of aromatic hydroxyl groups is 1. The van der Waals surface area contributed by atoms with Crippen LogP contribution in [0.15, 0.2) is 42.5 Å². The lowest BCUT2D eigenvalue weighted by atomic mass is 10.1. The van der Waals surface area contributed by atoms with E-state index in [0.717, 1.165) is 11.3 Å². The van der Waals surface area contributed by atoms with Crippen molar-refractivity contribution in [1.29, 1.82) is 0 Å². The number of carbonyl (C=O) groups excluding carboxylic acids is 2. The van der Waals surface area contributed by atoms with E-state index in [4.69, 9.17) is 0 Å². The van der Waals surface area contributed by atoms with E-state index < -0.39 is 11.7 Å². The Labute approximate surface area is 169 Å². The second-order valence-corrected chi connectivity index (χ2v) is 7.66. The van der Waals surface area contributed by atoms with Crippen molar-refractivity contribution in [3.63, 3.8) is 0 Å². The zero-order valence-electron chi connectivity index (χ0n) is 16.3. The van der Waals surface area contributed by atoms with Gasteiger partial charge in [0.2, 0.25) is 11.8 Å². The fourth-order valence-electron chi connectivity index (χ4n) is 4.09. The molecule has 0 radical (unpaired) electrons. The van der Waals surface area contributed by atoms with Gasteiger partial charge in [-0.15, -0.1) is 0 Å². The summed E-state index contributed by atoms with van der Waals surface area (Å²) in [5.74, 6) is -0.962. The molecule has 2 amide bonds. The number of carbonyl (C=O) groups is 2. The molecular formula is C22H24FN3O3. The molecule has 0 aromatic heterocycles. The average Bonchev–Trinajstić information content (AvgIpc) is 3.09. The number of halogens is 1. The van der Waals surface area contributed by atoms with Crippen LogP contribution in [0.25, 0.3) is 0 Å². The summed E-state index contributed by atoms with van der Waals surface area (Å²) in [5.41, 5.74) is 1.78. The first kappa shape index (κ1) is 19.2. The number of hydrogen-bond donors (Lipinski definition) is 1. The molecule has 1 N–H and O–H groups in total. The van der Waals surface area contributed by atoms with Crippen LogP contribution in [-0.4, -0.2) is 54.5 Å². The SMILES string of the molecule is Cc1ccc(N2CC(C(=O)N3CCN(c4ccccc4O)CC3)CC2=O)c(F)c1. The van der Waals surface area contributed by atoms with E-state index >= 15 is 0 Å². The van der Waals surface area contributed by atoms with Gasteiger partial charge in [0.05, 0.1) is 17.3 Å². The molecule has 6 nitrogen and oxygen atoms in total. The predicted molar refractivity (Wildman–Crippen MR) is 108 cm³/mol. The Hall–Kier alpha value is -3.09. The maximum atomic E-state index is 14.3. The molecule has 1 unspecified atom stereocenters. The molecular weight excluding hydrogens is 373 g/mol. The van der Waals surface area contributed by atoms with Gasteiger partial charge >= 0.3 is 0 Å². The molecule has 2 aromatic rings. The quantitative estimate of drug-likeness (QED) is 0.865. The fourth-order valence-corrected chi connectivity index (χ4v) is 4.09. The standard InChI is InChI=1S/C22H24FN3O3/c1-15-6-7-18(17(23)12-15)26-14-16(13-21(26)28)22(29)25-10-8-24(9-11-25)19-4-2-3-5-20(19)27/h2-7,12,16,27H,8-11,13-14H2,1H3. The molecule has 2 heterocycles. The zero-order chi connectivity index (χ0) is 20.5. The summed E-state index contributed by atoms with van der Waals surface area (Å²) in [4.78, 5) is 30.6. The number of benzene rings is 2. The third-order valence-electron chi connectivity index (χ3n) is 5.68. The molecule has 7 heteroatoms. The van der Waals surface area contributed by atoms with Gasteiger partial charge in [-0.2, -0.15) is 0 Å². The Kier molecular flexibility index (Phi) is 5.13. The normalized spacial score (nSPS) is 19.7. The largest absolute Gasteiger partial charge is 0.506 e. The molecule has 152 valence electrons. The number of phenolic OH excluding ortho intramolecular Hbond substituents is 1. The highest BCUT2D eigenvalue weighted by molar-refractivity contribution is 6.00. The van der Waals surface area contributed by atoms with Gasteiger partial charge in [-0.1, -0.05) is 18.2 Å². The fraction of sp³-hybridized carbons (Fsp3) is 0.364. The highest BCUT2D eigenvalue weighted by Gasteiger charge is 2.38. The topological polar surface area (TPSA) is 64.1 Å². The summed E-state index contributed by atoms with van der Waals surface area (Å²) in [5, 5.41) is 10.0. The summed E-state index contributed by atoms with van der Waals surface area (Å²) in [6.07, 6.45) is 0.103. The molecule has 1 atom stereocenters. The highest BCUT2D eigenvalue weighted by Crippen LogP contribution is 2.30. The second kappa shape index (κ2) is 7.73. The van der Waals surface area contributed by atoms with Crippen LogP contribution < -0.4 is 9.80 Å². The first-order chi connectivity index (χ1) is 13.9. The lowest BCUT2D eigenvalue weighted by Crippen LogP contribution is -2.50. The summed E-state index contributed by atoms with van der Waals surface area (Å²) in [6.45, 7) is 4.27. The number of phenols is 1. The van der Waals surface area contributed by atoms with Crippen molar-refractivity contribution in [2.75, 3.05) is 42.5 Å². The van der Waals surface area contributed by atoms with E-state index in [1.54, 1.807) is 36.1 Å². The molecule has 2 aliphatic rings. The third-order valence-corrected chi connectivity index (χ3v) is 5.68. The van der Waals surface area contributed by atoms with Crippen molar-refractivity contribution in [2.24, 2.45) is 5.92 Å². The van der Waals surface area contributed by atoms with Gasteiger partial charge in [0, 0.05) is 39.1 Å². The van der Waals surface area contributed by atoms with E-state index in [0.29, 0.717) is 26.2 Å². The van der Waals surface area contributed by atoms with Gasteiger partial charge in [-0.05, 0) is 36.8 Å². The lowest BCUT2D eigenvalue weighted by molar-refractivity contribution is -0.136.